The lowest BCUT2D eigenvalue weighted by Gasteiger charge is -2.24. The van der Waals surface area contributed by atoms with Crippen LogP contribution in [0.2, 0.25) is 0 Å². The van der Waals surface area contributed by atoms with Crippen LogP contribution in [0.5, 0.6) is 0 Å². The Labute approximate surface area is 91.7 Å². The van der Waals surface area contributed by atoms with Crippen LogP contribution in [0, 0.1) is 17.0 Å². The third-order valence-electron chi connectivity index (χ3n) is 1.80. The molecule has 0 bridgehead atoms. The summed E-state index contributed by atoms with van der Waals surface area (Å²) in [6.07, 6.45) is -5.13. The highest BCUT2D eigenvalue weighted by molar-refractivity contribution is 7.09. The summed E-state index contributed by atoms with van der Waals surface area (Å²) in [7, 11) is 0. The molecule has 0 aliphatic rings. The highest BCUT2D eigenvalue weighted by Gasteiger charge is 2.61. The number of hydrogen-bond acceptors (Lipinski definition) is 5. The molecule has 0 aromatic carbocycles. The summed E-state index contributed by atoms with van der Waals surface area (Å²) >= 11 is 0.540. The molecule has 1 heterocycles. The van der Waals surface area contributed by atoms with E-state index in [0.717, 1.165) is 0 Å². The van der Waals surface area contributed by atoms with Crippen molar-refractivity contribution in [2.24, 2.45) is 0 Å². The van der Waals surface area contributed by atoms with Gasteiger partial charge in [-0.25, -0.2) is 4.98 Å². The summed E-state index contributed by atoms with van der Waals surface area (Å²) in [5.41, 5.74) is -3.25. The second kappa shape index (κ2) is 3.98. The van der Waals surface area contributed by atoms with Crippen LogP contribution in [0.1, 0.15) is 10.7 Å². The average Bonchev–Trinajstić information content (AvgIpc) is 2.48. The van der Waals surface area contributed by atoms with Crippen LogP contribution in [0.25, 0.3) is 0 Å². The van der Waals surface area contributed by atoms with E-state index in [1.807, 2.05) is 0 Å². The van der Waals surface area contributed by atoms with Gasteiger partial charge in [0.2, 0.25) is 6.54 Å². The molecule has 16 heavy (non-hydrogen) atoms. The standard InChI is InChI=1S/C7H7F3N2O3S/c1-4-2-16-5(11-4)6(13,3-12(14)15)7(8,9)10/h2,13H,3H2,1H3/t6-/m1/s1. The van der Waals surface area contributed by atoms with Crippen molar-refractivity contribution in [1.82, 2.24) is 4.98 Å². The summed E-state index contributed by atoms with van der Waals surface area (Å²) in [5, 5.41) is 20.1. The predicted octanol–water partition coefficient (Wildman–Crippen LogP) is 1.48. The van der Waals surface area contributed by atoms with Gasteiger partial charge in [-0.15, -0.1) is 11.3 Å². The molecular formula is C7H7F3N2O3S. The van der Waals surface area contributed by atoms with E-state index in [9.17, 15) is 28.4 Å². The van der Waals surface area contributed by atoms with Gasteiger partial charge < -0.3 is 5.11 Å². The third kappa shape index (κ3) is 2.30. The largest absolute Gasteiger partial charge is 0.430 e. The Morgan fingerprint density at radius 1 is 1.62 bits per heavy atom. The van der Waals surface area contributed by atoms with Gasteiger partial charge in [0.1, 0.15) is 5.01 Å². The lowest BCUT2D eigenvalue weighted by atomic mass is 10.1. The van der Waals surface area contributed by atoms with Crippen molar-refractivity contribution in [2.45, 2.75) is 18.7 Å². The average molecular weight is 256 g/mol. The van der Waals surface area contributed by atoms with E-state index in [2.05, 4.69) is 4.98 Å². The van der Waals surface area contributed by atoms with Gasteiger partial charge in [-0.05, 0) is 6.92 Å². The van der Waals surface area contributed by atoms with E-state index in [1.54, 1.807) is 0 Å². The molecule has 1 N–H and O–H groups in total. The van der Waals surface area contributed by atoms with Crippen LogP contribution in [-0.2, 0) is 5.60 Å². The molecule has 0 aliphatic carbocycles. The topological polar surface area (TPSA) is 76.3 Å². The Morgan fingerprint density at radius 2 is 2.19 bits per heavy atom. The van der Waals surface area contributed by atoms with Gasteiger partial charge in [0.25, 0.3) is 5.60 Å². The van der Waals surface area contributed by atoms with Crippen molar-refractivity contribution in [3.05, 3.63) is 26.2 Å². The maximum atomic E-state index is 12.6. The first-order valence-electron chi connectivity index (χ1n) is 4.00. The molecule has 0 spiro atoms. The predicted molar refractivity (Wildman–Crippen MR) is 48.7 cm³/mol. The number of aromatic nitrogens is 1. The zero-order chi connectivity index (χ0) is 12.6. The number of alkyl halides is 3. The van der Waals surface area contributed by atoms with Crippen molar-refractivity contribution in [3.63, 3.8) is 0 Å². The Morgan fingerprint density at radius 3 is 2.50 bits per heavy atom. The molecule has 0 unspecified atom stereocenters. The van der Waals surface area contributed by atoms with Crippen LogP contribution < -0.4 is 0 Å². The van der Waals surface area contributed by atoms with Crippen molar-refractivity contribution >= 4 is 11.3 Å². The molecule has 0 saturated carbocycles. The van der Waals surface area contributed by atoms with Crippen LogP contribution in [0.15, 0.2) is 5.38 Å². The maximum absolute atomic E-state index is 12.6. The summed E-state index contributed by atoms with van der Waals surface area (Å²) in [4.78, 5) is 12.4. The number of nitrogens with zero attached hydrogens (tertiary/aromatic N) is 2. The second-order valence-corrected chi connectivity index (χ2v) is 4.00. The normalized spacial score (nSPS) is 15.8. The number of halogens is 3. The molecule has 5 nitrogen and oxygen atoms in total. The minimum atomic E-state index is -5.13. The van der Waals surface area contributed by atoms with Gasteiger partial charge in [0.05, 0.1) is 0 Å². The van der Waals surface area contributed by atoms with Gasteiger partial charge in [0, 0.05) is 16.0 Å². The fourth-order valence-corrected chi connectivity index (χ4v) is 1.92. The number of nitro groups is 1. The Hall–Kier alpha value is -1.22. The molecule has 0 aliphatic heterocycles. The molecule has 0 fully saturated rings. The minimum Gasteiger partial charge on any atom is -0.370 e. The lowest BCUT2D eigenvalue weighted by molar-refractivity contribution is -0.518. The van der Waals surface area contributed by atoms with E-state index >= 15 is 0 Å². The summed E-state index contributed by atoms with van der Waals surface area (Å²) in [5.74, 6) is 0. The molecule has 1 rings (SSSR count). The van der Waals surface area contributed by atoms with Crippen molar-refractivity contribution in [2.75, 3.05) is 6.54 Å². The van der Waals surface area contributed by atoms with E-state index in [1.165, 1.54) is 12.3 Å². The molecule has 9 heteroatoms. The number of hydrogen-bond donors (Lipinski definition) is 1. The molecule has 1 aromatic rings. The molecular weight excluding hydrogens is 249 g/mol. The van der Waals surface area contributed by atoms with Crippen molar-refractivity contribution in [3.8, 4) is 0 Å². The quantitative estimate of drug-likeness (QED) is 0.656. The number of aliphatic hydroxyl groups is 1. The second-order valence-electron chi connectivity index (χ2n) is 3.14. The first-order chi connectivity index (χ1) is 7.17. The third-order valence-corrected chi connectivity index (χ3v) is 2.91. The number of aryl methyl sites for hydroxylation is 1. The highest BCUT2D eigenvalue weighted by atomic mass is 32.1. The molecule has 0 amide bonds. The summed E-state index contributed by atoms with van der Waals surface area (Å²) in [6, 6.07) is 0. The van der Waals surface area contributed by atoms with E-state index in [-0.39, 0.29) is 5.69 Å². The SMILES string of the molecule is Cc1csc([C@](O)(C[N+](=O)[O-])C(F)(F)F)n1. The zero-order valence-corrected chi connectivity index (χ0v) is 8.80. The Balaban J connectivity index is 3.19. The molecule has 0 radical (unpaired) electrons. The maximum Gasteiger partial charge on any atom is 0.430 e. The minimum absolute atomic E-state index is 0.269. The van der Waals surface area contributed by atoms with Crippen molar-refractivity contribution < 1.29 is 23.2 Å². The summed E-state index contributed by atoms with van der Waals surface area (Å²) < 4.78 is 37.7. The molecule has 1 aromatic heterocycles. The van der Waals surface area contributed by atoms with E-state index < -0.39 is 28.3 Å². The Bertz CT molecular complexity index is 406. The Kier molecular flexibility index (Phi) is 3.20. The smallest absolute Gasteiger partial charge is 0.370 e. The van der Waals surface area contributed by atoms with Gasteiger partial charge in [0.15, 0.2) is 0 Å². The number of thiazole rings is 1. The van der Waals surface area contributed by atoms with Crippen LogP contribution >= 0.6 is 11.3 Å². The molecule has 0 saturated heterocycles. The first-order valence-corrected chi connectivity index (χ1v) is 4.88. The zero-order valence-electron chi connectivity index (χ0n) is 7.98. The van der Waals surface area contributed by atoms with Gasteiger partial charge in [-0.2, -0.15) is 13.2 Å². The molecule has 1 atom stereocenters. The van der Waals surface area contributed by atoms with Crippen LogP contribution in [0.3, 0.4) is 0 Å². The van der Waals surface area contributed by atoms with E-state index in [4.69, 9.17) is 0 Å². The number of rotatable bonds is 3. The fourth-order valence-electron chi connectivity index (χ4n) is 1.01. The lowest BCUT2D eigenvalue weighted by Crippen LogP contribution is -2.47. The van der Waals surface area contributed by atoms with Gasteiger partial charge in [-0.3, -0.25) is 10.1 Å². The fraction of sp³-hybridized carbons (Fsp3) is 0.571. The van der Waals surface area contributed by atoms with Crippen LogP contribution in [-0.4, -0.2) is 27.7 Å². The highest BCUT2D eigenvalue weighted by Crippen LogP contribution is 2.40. The van der Waals surface area contributed by atoms with Gasteiger partial charge >= 0.3 is 6.18 Å². The van der Waals surface area contributed by atoms with Gasteiger partial charge in [-0.1, -0.05) is 0 Å². The van der Waals surface area contributed by atoms with Crippen molar-refractivity contribution in [1.29, 1.82) is 0 Å². The summed E-state index contributed by atoms with van der Waals surface area (Å²) in [6.45, 7) is -0.216. The monoisotopic (exact) mass is 256 g/mol. The molecule has 90 valence electrons. The van der Waals surface area contributed by atoms with E-state index in [0.29, 0.717) is 11.3 Å². The van der Waals surface area contributed by atoms with Crippen LogP contribution in [0.4, 0.5) is 13.2 Å². The first kappa shape index (κ1) is 12.8.